The number of aliphatic imine (C=N–C) groups is 1. The Morgan fingerprint density at radius 1 is 0.571 bits per heavy atom. The molecule has 0 bridgehead atoms. The van der Waals surface area contributed by atoms with Crippen LogP contribution >= 0.6 is 90.4 Å². The zero-order chi connectivity index (χ0) is 50.8. The second kappa shape index (κ2) is 37.6. The van der Waals surface area contributed by atoms with Crippen molar-refractivity contribution in [2.75, 3.05) is 126 Å². The van der Waals surface area contributed by atoms with Crippen LogP contribution in [-0.2, 0) is 50.9 Å². The van der Waals surface area contributed by atoms with Gasteiger partial charge in [-0.25, -0.2) is 4.79 Å². The lowest BCUT2D eigenvalue weighted by Gasteiger charge is -2.20. The first-order valence-corrected chi connectivity index (χ1v) is 27.3. The van der Waals surface area contributed by atoms with Crippen LogP contribution < -0.4 is 35.5 Å². The van der Waals surface area contributed by atoms with Gasteiger partial charge < -0.3 is 68.4 Å². The lowest BCUT2D eigenvalue weighted by atomic mass is 10.1. The van der Waals surface area contributed by atoms with E-state index >= 15 is 0 Å². The third-order valence-corrected chi connectivity index (χ3v) is 12.3. The summed E-state index contributed by atoms with van der Waals surface area (Å²) in [5, 5.41) is 21.7. The summed E-state index contributed by atoms with van der Waals surface area (Å²) < 4.78 is 60.5. The van der Waals surface area contributed by atoms with E-state index < -0.39 is 17.7 Å². The molecule has 0 aliphatic heterocycles. The molecule has 5 N–H and O–H groups in total. The van der Waals surface area contributed by atoms with E-state index in [1.165, 1.54) is 0 Å². The monoisotopic (exact) mass is 1430 g/mol. The van der Waals surface area contributed by atoms with Gasteiger partial charge in [0, 0.05) is 20.1 Å². The van der Waals surface area contributed by atoms with Gasteiger partial charge in [-0.3, -0.25) is 15.1 Å². The van der Waals surface area contributed by atoms with Gasteiger partial charge in [0.1, 0.15) is 29.5 Å². The molecule has 0 aliphatic rings. The largest absolute Gasteiger partial charge is 0.491 e. The molecule has 0 heterocycles. The van der Waals surface area contributed by atoms with Crippen molar-refractivity contribution in [3.05, 3.63) is 73.9 Å². The van der Waals surface area contributed by atoms with Crippen molar-refractivity contribution >= 4 is 108 Å². The van der Waals surface area contributed by atoms with Gasteiger partial charge in [0.2, 0.25) is 5.96 Å². The number of carbonyl (C=O) groups excluding carboxylic acids is 1. The molecule has 1 amide bonds. The Morgan fingerprint density at radius 3 is 1.57 bits per heavy atom. The number of nitrogens with zero attached hydrogens (tertiary/aromatic N) is 1. The van der Waals surface area contributed by atoms with Crippen molar-refractivity contribution in [1.29, 1.82) is 0 Å². The first-order chi connectivity index (χ1) is 33.7. The maximum Gasteiger partial charge on any atom is 0.414 e. The third kappa shape index (κ3) is 29.5. The minimum Gasteiger partial charge on any atom is -0.491 e. The van der Waals surface area contributed by atoms with Gasteiger partial charge in [-0.05, 0) is 191 Å². The van der Waals surface area contributed by atoms with E-state index in [1.54, 1.807) is 27.8 Å². The SMILES string of the molecule is C/N=C(/NCc1ccc(OCCOCCOCCOCCOCCOCCOCCNCCCNCCCOc2c(I)cc(Oc3c(I)cc(CC(=O)O)cc3I)cc2I)cc1)NC(=O)OC(C)(C)C. The molecule has 0 fully saturated rings. The molecule has 3 aromatic rings. The molecule has 0 radical (unpaired) electrons. The van der Waals surface area contributed by atoms with Gasteiger partial charge in [0.15, 0.2) is 5.75 Å². The third-order valence-electron chi connectivity index (χ3n) is 9.06. The number of ether oxygens (including phenoxy) is 10. The van der Waals surface area contributed by atoms with Crippen LogP contribution in [0.4, 0.5) is 4.79 Å². The van der Waals surface area contributed by atoms with Crippen LogP contribution in [0.3, 0.4) is 0 Å². The molecule has 18 nitrogen and oxygen atoms in total. The highest BCUT2D eigenvalue weighted by atomic mass is 127. The van der Waals surface area contributed by atoms with Crippen LogP contribution in [0.25, 0.3) is 0 Å². The Bertz CT molecular complexity index is 1930. The second-order valence-electron chi connectivity index (χ2n) is 16.1. The fraction of sp³-hybridized carbons (Fsp3) is 0.562. The van der Waals surface area contributed by atoms with Crippen molar-refractivity contribution < 1.29 is 62.1 Å². The Labute approximate surface area is 467 Å². The molecule has 0 aromatic heterocycles. The normalized spacial score (nSPS) is 11.7. The van der Waals surface area contributed by atoms with E-state index in [0.29, 0.717) is 116 Å². The minimum absolute atomic E-state index is 0.0222. The van der Waals surface area contributed by atoms with Crippen LogP contribution in [0.5, 0.6) is 23.0 Å². The minimum atomic E-state index is -0.858. The first kappa shape index (κ1) is 62.2. The van der Waals surface area contributed by atoms with E-state index in [0.717, 1.165) is 75.9 Å². The van der Waals surface area contributed by atoms with Gasteiger partial charge in [-0.1, -0.05) is 12.1 Å². The zero-order valence-electron chi connectivity index (χ0n) is 40.5. The number of benzene rings is 3. The van der Waals surface area contributed by atoms with E-state index in [2.05, 4.69) is 117 Å². The number of carboxylic acid groups (broad SMARTS) is 1. The number of hydrogen-bond acceptors (Lipinski definition) is 15. The van der Waals surface area contributed by atoms with Crippen LogP contribution in [0, 0.1) is 14.3 Å². The Kier molecular flexibility index (Phi) is 33.4. The predicted octanol–water partition coefficient (Wildman–Crippen LogP) is 7.64. The van der Waals surface area contributed by atoms with Gasteiger partial charge in [-0.2, -0.15) is 0 Å². The molecule has 0 saturated heterocycles. The summed E-state index contributed by atoms with van der Waals surface area (Å²) in [5.74, 6) is 2.47. The van der Waals surface area contributed by atoms with Crippen molar-refractivity contribution in [2.45, 2.75) is 52.2 Å². The average Bonchev–Trinajstić information content (AvgIpc) is 3.30. The molecular formula is C48H69I4N5O13. The molecule has 0 unspecified atom stereocenters. The quantitative estimate of drug-likeness (QED) is 0.0163. The molecule has 0 saturated carbocycles. The zero-order valence-corrected chi connectivity index (χ0v) is 49.1. The fourth-order valence-corrected chi connectivity index (χ4v) is 9.97. The van der Waals surface area contributed by atoms with E-state index in [-0.39, 0.29) is 6.42 Å². The summed E-state index contributed by atoms with van der Waals surface area (Å²) in [4.78, 5) is 27.1. The van der Waals surface area contributed by atoms with Crippen LogP contribution in [0.2, 0.25) is 0 Å². The number of carbonyl (C=O) groups is 2. The number of hydrogen-bond donors (Lipinski definition) is 5. The average molecular weight is 1430 g/mol. The van der Waals surface area contributed by atoms with E-state index in [1.807, 2.05) is 48.5 Å². The molecule has 22 heteroatoms. The van der Waals surface area contributed by atoms with Gasteiger partial charge in [-0.15, -0.1) is 0 Å². The van der Waals surface area contributed by atoms with Crippen molar-refractivity contribution in [3.63, 3.8) is 0 Å². The Balaban J connectivity index is 1.01. The van der Waals surface area contributed by atoms with Gasteiger partial charge in [0.05, 0.1) is 107 Å². The second-order valence-corrected chi connectivity index (χ2v) is 20.7. The van der Waals surface area contributed by atoms with E-state index in [9.17, 15) is 9.59 Å². The Hall–Kier alpha value is -2.13. The summed E-state index contributed by atoms with van der Waals surface area (Å²) in [7, 11) is 1.58. The summed E-state index contributed by atoms with van der Waals surface area (Å²) >= 11 is 8.91. The fourth-order valence-electron chi connectivity index (χ4n) is 5.83. The summed E-state index contributed by atoms with van der Waals surface area (Å²) in [6.07, 6.45) is 1.32. The summed E-state index contributed by atoms with van der Waals surface area (Å²) in [5.41, 5.74) is 1.15. The molecular weight excluding hydrogens is 1360 g/mol. The number of amides is 1. The number of guanidine groups is 1. The highest BCUT2D eigenvalue weighted by Gasteiger charge is 2.18. The molecule has 70 heavy (non-hydrogen) atoms. The van der Waals surface area contributed by atoms with Crippen molar-refractivity contribution in [3.8, 4) is 23.0 Å². The van der Waals surface area contributed by atoms with Gasteiger partial charge >= 0.3 is 12.1 Å². The molecule has 0 aliphatic carbocycles. The lowest BCUT2D eigenvalue weighted by Crippen LogP contribution is -2.43. The number of halogens is 4. The first-order valence-electron chi connectivity index (χ1n) is 23.0. The van der Waals surface area contributed by atoms with Crippen molar-refractivity contribution in [1.82, 2.24) is 21.3 Å². The summed E-state index contributed by atoms with van der Waals surface area (Å²) in [6, 6.07) is 15.2. The molecule has 0 atom stereocenters. The van der Waals surface area contributed by atoms with Crippen molar-refractivity contribution in [2.24, 2.45) is 4.99 Å². The Morgan fingerprint density at radius 2 is 1.06 bits per heavy atom. The summed E-state index contributed by atoms with van der Waals surface area (Å²) in [6.45, 7) is 16.4. The lowest BCUT2D eigenvalue weighted by molar-refractivity contribution is -0.136. The smallest absolute Gasteiger partial charge is 0.414 e. The van der Waals surface area contributed by atoms with Crippen LogP contribution in [0.15, 0.2) is 53.5 Å². The number of rotatable bonds is 37. The molecule has 3 rings (SSSR count). The molecule has 0 spiro atoms. The number of alkyl carbamates (subject to hydrolysis) is 1. The number of nitrogens with one attached hydrogen (secondary N) is 4. The topological polar surface area (TPSA) is 207 Å². The number of carboxylic acids is 1. The standard InChI is InChI=1S/C48H69I4N5O13/c1-48(2,3)70-47(60)57-46(53-4)56-34-35-7-9-37(10-8-35)67-28-27-66-26-25-65-24-23-64-22-21-63-20-19-62-18-17-61-16-14-55-12-5-11-54-13-6-15-68-44-41(51)32-38(33-42(44)52)69-45-39(49)29-36(30-40(45)50)31-43(58)59/h7-10,29-30,32-33,54-55H,5-6,11-28,31,34H2,1-4H3,(H,58,59)(H2,53,56,57,60). The van der Waals surface area contributed by atoms with Crippen LogP contribution in [-0.4, -0.2) is 154 Å². The van der Waals surface area contributed by atoms with Gasteiger partial charge in [0.25, 0.3) is 0 Å². The maximum absolute atomic E-state index is 12.0. The highest BCUT2D eigenvalue weighted by molar-refractivity contribution is 14.1. The molecule has 392 valence electrons. The predicted molar refractivity (Wildman–Crippen MR) is 302 cm³/mol. The number of aliphatic carboxylic acids is 1. The maximum atomic E-state index is 12.0. The highest BCUT2D eigenvalue weighted by Crippen LogP contribution is 2.37. The van der Waals surface area contributed by atoms with Crippen LogP contribution in [0.1, 0.15) is 44.7 Å². The van der Waals surface area contributed by atoms with E-state index in [4.69, 9.17) is 52.5 Å². The molecule has 3 aromatic carbocycles.